The molecule has 0 saturated heterocycles. The highest BCUT2D eigenvalue weighted by Crippen LogP contribution is 2.27. The summed E-state index contributed by atoms with van der Waals surface area (Å²) in [5.41, 5.74) is 1.03. The SMILES string of the molecule is O=C1CCC(=C(Cl)Cl)CC1. The molecule has 0 aromatic rings. The molecule has 0 N–H and O–H groups in total. The van der Waals surface area contributed by atoms with Crippen molar-refractivity contribution < 1.29 is 4.79 Å². The third kappa shape index (κ3) is 1.99. The Bertz CT molecular complexity index is 168. The fraction of sp³-hybridized carbons (Fsp3) is 0.571. The topological polar surface area (TPSA) is 17.1 Å². The number of rotatable bonds is 0. The van der Waals surface area contributed by atoms with E-state index in [2.05, 4.69) is 0 Å². The highest BCUT2D eigenvalue weighted by Gasteiger charge is 2.14. The predicted octanol–water partition coefficient (Wildman–Crippen LogP) is 2.82. The quantitative estimate of drug-likeness (QED) is 0.558. The molecule has 0 heterocycles. The molecule has 1 fully saturated rings. The van der Waals surface area contributed by atoms with E-state index in [1.165, 1.54) is 0 Å². The molecule has 0 spiro atoms. The molecule has 0 amide bonds. The zero-order valence-corrected chi connectivity index (χ0v) is 7.00. The molecular formula is C7H8Cl2O. The molecule has 1 aliphatic rings. The van der Waals surface area contributed by atoms with E-state index in [0.29, 0.717) is 23.1 Å². The number of ketones is 1. The molecule has 0 bridgehead atoms. The van der Waals surface area contributed by atoms with Crippen molar-refractivity contribution in [2.45, 2.75) is 25.7 Å². The average Bonchev–Trinajstić information content (AvgIpc) is 1.88. The van der Waals surface area contributed by atoms with Gasteiger partial charge in [0.2, 0.25) is 0 Å². The maximum absolute atomic E-state index is 10.7. The van der Waals surface area contributed by atoms with Crippen LogP contribution in [0.15, 0.2) is 10.1 Å². The van der Waals surface area contributed by atoms with Gasteiger partial charge in [0.1, 0.15) is 10.3 Å². The van der Waals surface area contributed by atoms with E-state index >= 15 is 0 Å². The van der Waals surface area contributed by atoms with Crippen LogP contribution in [0, 0.1) is 0 Å². The van der Waals surface area contributed by atoms with Crippen molar-refractivity contribution in [3.8, 4) is 0 Å². The number of carbonyl (C=O) groups is 1. The Morgan fingerprint density at radius 3 is 2.00 bits per heavy atom. The monoisotopic (exact) mass is 178 g/mol. The summed E-state index contributed by atoms with van der Waals surface area (Å²) in [7, 11) is 0. The molecular weight excluding hydrogens is 171 g/mol. The first-order valence-electron chi connectivity index (χ1n) is 3.25. The number of allylic oxidation sites excluding steroid dienone is 1. The van der Waals surface area contributed by atoms with Crippen LogP contribution >= 0.6 is 23.2 Å². The van der Waals surface area contributed by atoms with Gasteiger partial charge >= 0.3 is 0 Å². The lowest BCUT2D eigenvalue weighted by molar-refractivity contribution is -0.119. The smallest absolute Gasteiger partial charge is 0.133 e. The number of hydrogen-bond acceptors (Lipinski definition) is 1. The summed E-state index contributed by atoms with van der Waals surface area (Å²) in [4.78, 5) is 10.7. The van der Waals surface area contributed by atoms with E-state index in [1.54, 1.807) is 0 Å². The van der Waals surface area contributed by atoms with Gasteiger partial charge in [-0.3, -0.25) is 4.79 Å². The molecule has 0 radical (unpaired) electrons. The summed E-state index contributed by atoms with van der Waals surface area (Å²) in [6, 6.07) is 0. The largest absolute Gasteiger partial charge is 0.300 e. The van der Waals surface area contributed by atoms with Crippen LogP contribution < -0.4 is 0 Å². The van der Waals surface area contributed by atoms with Crippen molar-refractivity contribution in [2.75, 3.05) is 0 Å². The van der Waals surface area contributed by atoms with Crippen molar-refractivity contribution >= 4 is 29.0 Å². The Balaban J connectivity index is 2.56. The second-order valence-corrected chi connectivity index (χ2v) is 3.35. The lowest BCUT2D eigenvalue weighted by Gasteiger charge is -2.11. The van der Waals surface area contributed by atoms with Crippen LogP contribution in [0.2, 0.25) is 0 Å². The Morgan fingerprint density at radius 2 is 1.60 bits per heavy atom. The Hall–Kier alpha value is -0.0100. The molecule has 0 aliphatic heterocycles. The van der Waals surface area contributed by atoms with Gasteiger partial charge in [-0.25, -0.2) is 0 Å². The minimum atomic E-state index is 0.318. The first-order chi connectivity index (χ1) is 4.70. The molecule has 0 atom stereocenters. The van der Waals surface area contributed by atoms with E-state index in [-0.39, 0.29) is 0 Å². The molecule has 1 rings (SSSR count). The second-order valence-electron chi connectivity index (χ2n) is 2.40. The Kier molecular flexibility index (Phi) is 2.75. The van der Waals surface area contributed by atoms with E-state index in [9.17, 15) is 4.79 Å². The molecule has 10 heavy (non-hydrogen) atoms. The molecule has 0 unspecified atom stereocenters. The van der Waals surface area contributed by atoms with E-state index in [4.69, 9.17) is 23.2 Å². The van der Waals surface area contributed by atoms with Gasteiger partial charge in [0.15, 0.2) is 0 Å². The summed E-state index contributed by atoms with van der Waals surface area (Å²) < 4.78 is 0.354. The molecule has 0 aromatic carbocycles. The third-order valence-electron chi connectivity index (χ3n) is 1.68. The highest BCUT2D eigenvalue weighted by atomic mass is 35.5. The summed E-state index contributed by atoms with van der Waals surface area (Å²) in [5.74, 6) is 0.318. The van der Waals surface area contributed by atoms with Crippen LogP contribution in [0.5, 0.6) is 0 Å². The number of hydrogen-bond donors (Lipinski definition) is 0. The van der Waals surface area contributed by atoms with Gasteiger partial charge in [-0.1, -0.05) is 23.2 Å². The van der Waals surface area contributed by atoms with Gasteiger partial charge in [0, 0.05) is 12.8 Å². The van der Waals surface area contributed by atoms with Crippen LogP contribution in [0.1, 0.15) is 25.7 Å². The normalized spacial score (nSPS) is 19.4. The average molecular weight is 179 g/mol. The van der Waals surface area contributed by atoms with Crippen molar-refractivity contribution in [3.05, 3.63) is 10.1 Å². The van der Waals surface area contributed by atoms with E-state index < -0.39 is 0 Å². The van der Waals surface area contributed by atoms with Gasteiger partial charge in [0.05, 0.1) is 0 Å². The molecule has 1 aliphatic carbocycles. The van der Waals surface area contributed by atoms with E-state index in [0.717, 1.165) is 18.4 Å². The van der Waals surface area contributed by atoms with Crippen LogP contribution in [-0.2, 0) is 4.79 Å². The lowest BCUT2D eigenvalue weighted by atomic mass is 9.95. The summed E-state index contributed by atoms with van der Waals surface area (Å²) in [5, 5.41) is 0. The zero-order valence-electron chi connectivity index (χ0n) is 5.49. The van der Waals surface area contributed by atoms with Crippen molar-refractivity contribution in [2.24, 2.45) is 0 Å². The van der Waals surface area contributed by atoms with Crippen molar-refractivity contribution in [3.63, 3.8) is 0 Å². The minimum absolute atomic E-state index is 0.318. The Labute approximate surface area is 70.0 Å². The fourth-order valence-corrected chi connectivity index (χ4v) is 1.40. The zero-order chi connectivity index (χ0) is 7.56. The predicted molar refractivity (Wildman–Crippen MR) is 42.2 cm³/mol. The molecule has 0 aromatic heterocycles. The Morgan fingerprint density at radius 1 is 1.10 bits per heavy atom. The lowest BCUT2D eigenvalue weighted by Crippen LogP contribution is -2.06. The standard InChI is InChI=1S/C7H8Cl2O/c8-7(9)5-1-3-6(10)4-2-5/h1-4H2. The van der Waals surface area contributed by atoms with Crippen LogP contribution in [0.25, 0.3) is 0 Å². The van der Waals surface area contributed by atoms with Gasteiger partial charge < -0.3 is 0 Å². The van der Waals surface area contributed by atoms with Gasteiger partial charge in [-0.2, -0.15) is 0 Å². The first-order valence-corrected chi connectivity index (χ1v) is 4.00. The maximum Gasteiger partial charge on any atom is 0.133 e. The second kappa shape index (κ2) is 3.40. The van der Waals surface area contributed by atoms with Crippen LogP contribution in [0.3, 0.4) is 0 Å². The van der Waals surface area contributed by atoms with E-state index in [1.807, 2.05) is 0 Å². The van der Waals surface area contributed by atoms with Crippen LogP contribution in [-0.4, -0.2) is 5.78 Å². The summed E-state index contributed by atoms with van der Waals surface area (Å²) in [6.07, 6.45) is 2.72. The summed E-state index contributed by atoms with van der Waals surface area (Å²) in [6.45, 7) is 0. The molecule has 1 nitrogen and oxygen atoms in total. The molecule has 1 saturated carbocycles. The van der Waals surface area contributed by atoms with Gasteiger partial charge in [0.25, 0.3) is 0 Å². The maximum atomic E-state index is 10.7. The number of halogens is 2. The summed E-state index contributed by atoms with van der Waals surface area (Å²) >= 11 is 11.1. The minimum Gasteiger partial charge on any atom is -0.300 e. The van der Waals surface area contributed by atoms with Gasteiger partial charge in [-0.05, 0) is 18.4 Å². The van der Waals surface area contributed by atoms with Crippen molar-refractivity contribution in [1.29, 1.82) is 0 Å². The molecule has 56 valence electrons. The number of Topliss-reactive ketones (excluding diaryl/α,β-unsaturated/α-hetero) is 1. The first kappa shape index (κ1) is 8.09. The van der Waals surface area contributed by atoms with Gasteiger partial charge in [-0.15, -0.1) is 0 Å². The highest BCUT2D eigenvalue weighted by molar-refractivity contribution is 6.56. The van der Waals surface area contributed by atoms with Crippen molar-refractivity contribution in [1.82, 2.24) is 0 Å². The number of carbonyl (C=O) groups excluding carboxylic acids is 1. The molecule has 3 heteroatoms. The third-order valence-corrected chi connectivity index (χ3v) is 2.21. The van der Waals surface area contributed by atoms with Crippen LogP contribution in [0.4, 0.5) is 0 Å². The fourth-order valence-electron chi connectivity index (χ4n) is 1.02.